The molecule has 1 saturated heterocycles. The molecule has 1 fully saturated rings. The van der Waals surface area contributed by atoms with Gasteiger partial charge >= 0.3 is 0 Å². The second kappa shape index (κ2) is 15.5. The van der Waals surface area contributed by atoms with E-state index in [1.165, 1.54) is 12.1 Å². The first-order valence-electron chi connectivity index (χ1n) is 13.8. The van der Waals surface area contributed by atoms with Gasteiger partial charge in [-0.2, -0.15) is 0 Å². The van der Waals surface area contributed by atoms with Crippen LogP contribution in [0.25, 0.3) is 0 Å². The highest BCUT2D eigenvalue weighted by Crippen LogP contribution is 2.22. The van der Waals surface area contributed by atoms with Gasteiger partial charge in [-0.15, -0.1) is 12.4 Å². The standard InChI is InChI=1S/C30H41ClFN5O3.ClH/c1-5-7-24-19-36(26(27(38)34-4)18-21-8-6-9-22(31)16-21)14-15-37(24)28(39)25(35-29(40)30(2,3)33)17-20-10-12-23(32)13-11-20;/h6,8-13,16,24-26H,5,7,14-15,17-19,33H2,1-4H3,(H,34,38)(H,35,40);1H. The molecule has 2 aromatic rings. The Labute approximate surface area is 253 Å². The van der Waals surface area contributed by atoms with Gasteiger partial charge in [0.1, 0.15) is 11.9 Å². The molecule has 0 bridgehead atoms. The molecule has 0 aliphatic carbocycles. The van der Waals surface area contributed by atoms with Gasteiger partial charge in [-0.25, -0.2) is 4.39 Å². The van der Waals surface area contributed by atoms with Gasteiger partial charge in [-0.3, -0.25) is 19.3 Å². The smallest absolute Gasteiger partial charge is 0.245 e. The second-order valence-electron chi connectivity index (χ2n) is 11.0. The average molecular weight is 611 g/mol. The zero-order valence-corrected chi connectivity index (χ0v) is 25.7. The van der Waals surface area contributed by atoms with Gasteiger partial charge < -0.3 is 21.3 Å². The number of carbonyl (C=O) groups excluding carboxylic acids is 3. The highest BCUT2D eigenvalue weighted by Gasteiger charge is 2.38. The predicted octanol–water partition coefficient (Wildman–Crippen LogP) is 3.34. The fourth-order valence-electron chi connectivity index (χ4n) is 5.07. The molecule has 0 aromatic heterocycles. The molecule has 1 aliphatic heterocycles. The van der Waals surface area contributed by atoms with Gasteiger partial charge in [0.05, 0.1) is 11.6 Å². The largest absolute Gasteiger partial charge is 0.358 e. The summed E-state index contributed by atoms with van der Waals surface area (Å²) in [7, 11) is 1.62. The van der Waals surface area contributed by atoms with Crippen LogP contribution in [0.1, 0.15) is 44.7 Å². The van der Waals surface area contributed by atoms with Crippen LogP contribution in [-0.2, 0) is 27.2 Å². The molecule has 1 aliphatic rings. The molecule has 0 spiro atoms. The molecule has 226 valence electrons. The topological polar surface area (TPSA) is 108 Å². The Morgan fingerprint density at radius 2 is 1.78 bits per heavy atom. The van der Waals surface area contributed by atoms with E-state index in [1.807, 2.05) is 23.1 Å². The second-order valence-corrected chi connectivity index (χ2v) is 11.4. The van der Waals surface area contributed by atoms with E-state index >= 15 is 0 Å². The highest BCUT2D eigenvalue weighted by molar-refractivity contribution is 6.30. The van der Waals surface area contributed by atoms with E-state index in [0.717, 1.165) is 24.0 Å². The number of rotatable bonds is 11. The summed E-state index contributed by atoms with van der Waals surface area (Å²) in [6.07, 6.45) is 2.27. The van der Waals surface area contributed by atoms with E-state index in [4.69, 9.17) is 17.3 Å². The van der Waals surface area contributed by atoms with E-state index in [-0.39, 0.29) is 42.5 Å². The number of nitrogens with one attached hydrogen (secondary N) is 2. The van der Waals surface area contributed by atoms with E-state index in [9.17, 15) is 18.8 Å². The van der Waals surface area contributed by atoms with Crippen molar-refractivity contribution in [2.24, 2.45) is 5.73 Å². The fraction of sp³-hybridized carbons (Fsp3) is 0.500. The summed E-state index contributed by atoms with van der Waals surface area (Å²) in [6, 6.07) is 11.9. The van der Waals surface area contributed by atoms with E-state index < -0.39 is 23.5 Å². The van der Waals surface area contributed by atoms with Crippen LogP contribution in [0.5, 0.6) is 0 Å². The summed E-state index contributed by atoms with van der Waals surface area (Å²) < 4.78 is 13.5. The van der Waals surface area contributed by atoms with E-state index in [0.29, 0.717) is 31.1 Å². The summed E-state index contributed by atoms with van der Waals surface area (Å²) in [5.74, 6) is -1.13. The van der Waals surface area contributed by atoms with Crippen LogP contribution in [0.15, 0.2) is 48.5 Å². The first kappa shape index (κ1) is 34.5. The number of nitrogens with zero attached hydrogens (tertiary/aromatic N) is 2. The van der Waals surface area contributed by atoms with Crippen molar-refractivity contribution in [3.05, 3.63) is 70.5 Å². The molecule has 3 rings (SSSR count). The number of hydrogen-bond donors (Lipinski definition) is 3. The van der Waals surface area contributed by atoms with Gasteiger partial charge in [0, 0.05) is 44.2 Å². The van der Waals surface area contributed by atoms with Gasteiger partial charge in [-0.1, -0.05) is 49.2 Å². The molecule has 0 saturated carbocycles. The lowest BCUT2D eigenvalue weighted by Gasteiger charge is -2.45. The molecule has 2 aromatic carbocycles. The summed E-state index contributed by atoms with van der Waals surface area (Å²) in [5.41, 5.74) is 6.52. The number of piperazine rings is 1. The average Bonchev–Trinajstić information content (AvgIpc) is 2.91. The number of nitrogens with two attached hydrogens (primary N) is 1. The van der Waals surface area contributed by atoms with Crippen LogP contribution in [-0.4, -0.2) is 77.9 Å². The quantitative estimate of drug-likeness (QED) is 0.362. The molecule has 3 atom stereocenters. The van der Waals surface area contributed by atoms with Gasteiger partial charge in [0.15, 0.2) is 0 Å². The molecule has 0 radical (unpaired) electrons. The Balaban J connectivity index is 0.00000588. The first-order chi connectivity index (χ1) is 18.9. The maximum Gasteiger partial charge on any atom is 0.245 e. The number of carbonyl (C=O) groups is 3. The number of halogens is 3. The van der Waals surface area contributed by atoms with Crippen LogP contribution in [0.2, 0.25) is 5.02 Å². The third-order valence-corrected chi connectivity index (χ3v) is 7.50. The minimum atomic E-state index is -1.18. The van der Waals surface area contributed by atoms with Crippen molar-refractivity contribution in [2.45, 2.75) is 70.1 Å². The molecule has 4 N–H and O–H groups in total. The number of likely N-dealkylation sites (N-methyl/N-ethyl adjacent to an activating group) is 1. The van der Waals surface area contributed by atoms with Crippen LogP contribution < -0.4 is 16.4 Å². The monoisotopic (exact) mass is 609 g/mol. The maximum absolute atomic E-state index is 14.0. The van der Waals surface area contributed by atoms with Crippen molar-refractivity contribution >= 4 is 41.7 Å². The third-order valence-electron chi connectivity index (χ3n) is 7.27. The fourth-order valence-corrected chi connectivity index (χ4v) is 5.29. The predicted molar refractivity (Wildman–Crippen MR) is 163 cm³/mol. The normalized spacial score (nSPS) is 17.2. The molecular formula is C30H42Cl2FN5O3. The van der Waals surface area contributed by atoms with Crippen molar-refractivity contribution < 1.29 is 18.8 Å². The van der Waals surface area contributed by atoms with Crippen molar-refractivity contribution in [3.8, 4) is 0 Å². The Bertz CT molecular complexity index is 1180. The van der Waals surface area contributed by atoms with Crippen molar-refractivity contribution in [2.75, 3.05) is 26.7 Å². The van der Waals surface area contributed by atoms with Crippen molar-refractivity contribution in [1.82, 2.24) is 20.4 Å². The lowest BCUT2D eigenvalue weighted by atomic mass is 9.97. The first-order valence-corrected chi connectivity index (χ1v) is 14.2. The van der Waals surface area contributed by atoms with Crippen molar-refractivity contribution in [3.63, 3.8) is 0 Å². The Morgan fingerprint density at radius 3 is 2.37 bits per heavy atom. The minimum Gasteiger partial charge on any atom is -0.358 e. The lowest BCUT2D eigenvalue weighted by Crippen LogP contribution is -2.64. The SMILES string of the molecule is CCCC1CN(C(Cc2cccc(Cl)c2)C(=O)NC)CCN1C(=O)C(Cc1ccc(F)cc1)NC(=O)C(C)(C)N.Cl. The van der Waals surface area contributed by atoms with Crippen LogP contribution in [0, 0.1) is 5.82 Å². The Morgan fingerprint density at radius 1 is 1.10 bits per heavy atom. The molecule has 8 nitrogen and oxygen atoms in total. The summed E-state index contributed by atoms with van der Waals surface area (Å²) in [5, 5.41) is 6.24. The maximum atomic E-state index is 14.0. The van der Waals surface area contributed by atoms with Crippen LogP contribution in [0.4, 0.5) is 4.39 Å². The zero-order valence-electron chi connectivity index (χ0n) is 24.2. The number of hydrogen-bond acceptors (Lipinski definition) is 5. The third kappa shape index (κ3) is 9.67. The number of amides is 3. The van der Waals surface area contributed by atoms with Crippen LogP contribution >= 0.6 is 24.0 Å². The lowest BCUT2D eigenvalue weighted by molar-refractivity contribution is -0.143. The molecule has 3 amide bonds. The molecule has 11 heteroatoms. The van der Waals surface area contributed by atoms with Gasteiger partial charge in [0.25, 0.3) is 0 Å². The van der Waals surface area contributed by atoms with Gasteiger partial charge in [-0.05, 0) is 62.1 Å². The van der Waals surface area contributed by atoms with Crippen molar-refractivity contribution in [1.29, 1.82) is 0 Å². The number of benzene rings is 2. The molecule has 41 heavy (non-hydrogen) atoms. The Hall–Kier alpha value is -2.72. The minimum absolute atomic E-state index is 0. The molecule has 3 unspecified atom stereocenters. The summed E-state index contributed by atoms with van der Waals surface area (Å²) >= 11 is 6.19. The van der Waals surface area contributed by atoms with E-state index in [1.54, 1.807) is 39.1 Å². The summed E-state index contributed by atoms with van der Waals surface area (Å²) in [6.45, 7) is 6.62. The summed E-state index contributed by atoms with van der Waals surface area (Å²) in [4.78, 5) is 43.7. The zero-order chi connectivity index (χ0) is 29.4. The molecule has 1 heterocycles. The van der Waals surface area contributed by atoms with Crippen LogP contribution in [0.3, 0.4) is 0 Å². The van der Waals surface area contributed by atoms with Gasteiger partial charge in [0.2, 0.25) is 17.7 Å². The highest BCUT2D eigenvalue weighted by atomic mass is 35.5. The molecular weight excluding hydrogens is 568 g/mol. The Kier molecular flexibility index (Phi) is 13.0. The van der Waals surface area contributed by atoms with E-state index in [2.05, 4.69) is 22.5 Å².